The van der Waals surface area contributed by atoms with Crippen molar-refractivity contribution in [3.8, 4) is 0 Å². The molecule has 0 unspecified atom stereocenters. The average molecular weight is 400 g/mol. The fourth-order valence-electron chi connectivity index (χ4n) is 2.95. The van der Waals surface area contributed by atoms with Gasteiger partial charge in [-0.3, -0.25) is 4.79 Å². The van der Waals surface area contributed by atoms with Crippen LogP contribution in [0.1, 0.15) is 43.8 Å². The number of aromatic nitrogens is 3. The zero-order valence-corrected chi connectivity index (χ0v) is 15.9. The van der Waals surface area contributed by atoms with E-state index in [2.05, 4.69) is 15.5 Å². The van der Waals surface area contributed by atoms with Crippen molar-refractivity contribution in [1.82, 2.24) is 14.9 Å². The van der Waals surface area contributed by atoms with Gasteiger partial charge < -0.3 is 11.2 Å². The average Bonchev–Trinajstić information content (AvgIpc) is 2.98. The van der Waals surface area contributed by atoms with Crippen molar-refractivity contribution in [2.75, 3.05) is 16.9 Å². The maximum Gasteiger partial charge on any atom is 0.234 e. The summed E-state index contributed by atoms with van der Waals surface area (Å²) in [5.41, 5.74) is 0.411. The number of rotatable bonds is 5. The third kappa shape index (κ3) is 4.40. The van der Waals surface area contributed by atoms with E-state index in [4.69, 9.17) is 29.0 Å². The lowest BCUT2D eigenvalue weighted by Crippen LogP contribution is -2.20. The van der Waals surface area contributed by atoms with Gasteiger partial charge in [-0.25, -0.2) is 4.68 Å². The number of nitrogens with one attached hydrogen (secondary N) is 1. The lowest BCUT2D eigenvalue weighted by Gasteiger charge is -2.20. The quantitative estimate of drug-likeness (QED) is 0.584. The van der Waals surface area contributed by atoms with Crippen molar-refractivity contribution in [1.29, 1.82) is 0 Å². The molecule has 1 fully saturated rings. The number of hydrogen-bond acceptors (Lipinski definition) is 5. The number of thioether (sulfide) groups is 1. The Morgan fingerprint density at radius 3 is 2.60 bits per heavy atom. The number of nitrogens with two attached hydrogens (primary N) is 1. The zero-order valence-electron chi connectivity index (χ0n) is 13.5. The summed E-state index contributed by atoms with van der Waals surface area (Å²) in [6.07, 6.45) is 5.83. The number of hydrogen-bond donors (Lipinski definition) is 2. The number of amides is 1. The second kappa shape index (κ2) is 8.29. The van der Waals surface area contributed by atoms with Gasteiger partial charge in [0.25, 0.3) is 0 Å². The van der Waals surface area contributed by atoms with Gasteiger partial charge in [-0.15, -0.1) is 10.2 Å². The summed E-state index contributed by atoms with van der Waals surface area (Å²) < 4.78 is 1.51. The Balaban J connectivity index is 1.60. The molecule has 2 aromatic rings. The van der Waals surface area contributed by atoms with Crippen molar-refractivity contribution >= 4 is 46.6 Å². The van der Waals surface area contributed by atoms with Crippen molar-refractivity contribution in [3.05, 3.63) is 34.1 Å². The molecule has 0 bridgehead atoms. The standard InChI is InChI=1S/C16H19Cl2N5OS/c17-11-7-4-8-12(18)14(11)20-13(24)9-25-16-22-21-15(23(16)19)10-5-2-1-3-6-10/h4,7-8,10H,1-3,5-6,9,19H2,(H,20,24). The van der Waals surface area contributed by atoms with Crippen LogP contribution in [0.5, 0.6) is 0 Å². The number of nitrogen functional groups attached to an aromatic ring is 1. The van der Waals surface area contributed by atoms with E-state index < -0.39 is 0 Å². The number of carbonyl (C=O) groups is 1. The molecular weight excluding hydrogens is 381 g/mol. The molecular formula is C16H19Cl2N5OS. The Morgan fingerprint density at radius 1 is 1.24 bits per heavy atom. The van der Waals surface area contributed by atoms with Crippen LogP contribution in [-0.4, -0.2) is 26.5 Å². The summed E-state index contributed by atoms with van der Waals surface area (Å²) in [5.74, 6) is 7.18. The molecule has 1 aromatic heterocycles. The smallest absolute Gasteiger partial charge is 0.234 e. The fourth-order valence-corrected chi connectivity index (χ4v) is 4.10. The third-order valence-electron chi connectivity index (χ3n) is 4.22. The van der Waals surface area contributed by atoms with Gasteiger partial charge >= 0.3 is 0 Å². The molecule has 0 spiro atoms. The second-order valence-electron chi connectivity index (χ2n) is 5.98. The highest BCUT2D eigenvalue weighted by molar-refractivity contribution is 7.99. The Hall–Kier alpha value is -1.44. The third-order valence-corrected chi connectivity index (χ3v) is 5.79. The topological polar surface area (TPSA) is 85.8 Å². The number of halogens is 2. The van der Waals surface area contributed by atoms with Crippen LogP contribution in [0.3, 0.4) is 0 Å². The molecule has 0 aliphatic heterocycles. The van der Waals surface area contributed by atoms with E-state index in [1.54, 1.807) is 18.2 Å². The molecule has 1 aromatic carbocycles. The first-order valence-electron chi connectivity index (χ1n) is 8.13. The van der Waals surface area contributed by atoms with Crippen molar-refractivity contribution < 1.29 is 4.79 Å². The predicted octanol–water partition coefficient (Wildman–Crippen LogP) is 4.08. The van der Waals surface area contributed by atoms with E-state index in [1.165, 1.54) is 35.7 Å². The molecule has 0 saturated heterocycles. The molecule has 3 rings (SSSR count). The zero-order chi connectivity index (χ0) is 17.8. The normalized spacial score (nSPS) is 15.3. The highest BCUT2D eigenvalue weighted by Gasteiger charge is 2.23. The molecule has 9 heteroatoms. The monoisotopic (exact) mass is 399 g/mol. The highest BCUT2D eigenvalue weighted by Crippen LogP contribution is 2.32. The predicted molar refractivity (Wildman–Crippen MR) is 102 cm³/mol. The summed E-state index contributed by atoms with van der Waals surface area (Å²) in [5, 5.41) is 12.4. The van der Waals surface area contributed by atoms with Gasteiger partial charge in [0, 0.05) is 5.92 Å². The first-order valence-corrected chi connectivity index (χ1v) is 9.87. The van der Waals surface area contributed by atoms with Crippen molar-refractivity contribution in [3.63, 3.8) is 0 Å². The van der Waals surface area contributed by atoms with Gasteiger partial charge in [-0.05, 0) is 25.0 Å². The first kappa shape index (κ1) is 18.4. The molecule has 1 amide bonds. The number of carbonyl (C=O) groups excluding carboxylic acids is 1. The first-order chi connectivity index (χ1) is 12.1. The van der Waals surface area contributed by atoms with E-state index in [0.717, 1.165) is 18.7 Å². The Kier molecular flexibility index (Phi) is 6.09. The Morgan fingerprint density at radius 2 is 1.92 bits per heavy atom. The summed E-state index contributed by atoms with van der Waals surface area (Å²) >= 11 is 13.3. The van der Waals surface area contributed by atoms with Crippen LogP contribution in [0.4, 0.5) is 5.69 Å². The minimum absolute atomic E-state index is 0.140. The molecule has 6 nitrogen and oxygen atoms in total. The maximum absolute atomic E-state index is 12.2. The molecule has 1 saturated carbocycles. The summed E-state index contributed by atoms with van der Waals surface area (Å²) in [6, 6.07) is 5.06. The Labute approximate surface area is 160 Å². The number of anilines is 1. The molecule has 1 heterocycles. The molecule has 1 aliphatic carbocycles. The van der Waals surface area contributed by atoms with Crippen molar-refractivity contribution in [2.45, 2.75) is 43.2 Å². The van der Waals surface area contributed by atoms with Gasteiger partial charge in [-0.1, -0.05) is 60.3 Å². The van der Waals surface area contributed by atoms with E-state index in [-0.39, 0.29) is 11.7 Å². The van der Waals surface area contributed by atoms with Crippen LogP contribution in [0.2, 0.25) is 10.0 Å². The highest BCUT2D eigenvalue weighted by atomic mass is 35.5. The molecule has 3 N–H and O–H groups in total. The van der Waals surface area contributed by atoms with Gasteiger partial charge in [0.1, 0.15) is 0 Å². The lowest BCUT2D eigenvalue weighted by atomic mass is 9.89. The molecule has 0 radical (unpaired) electrons. The van der Waals surface area contributed by atoms with E-state index in [0.29, 0.717) is 26.8 Å². The van der Waals surface area contributed by atoms with Crippen LogP contribution in [0.25, 0.3) is 0 Å². The molecule has 1 aliphatic rings. The van der Waals surface area contributed by atoms with Crippen LogP contribution in [-0.2, 0) is 4.79 Å². The van der Waals surface area contributed by atoms with Gasteiger partial charge in [0.2, 0.25) is 11.1 Å². The summed E-state index contributed by atoms with van der Waals surface area (Å²) in [6.45, 7) is 0. The van der Waals surface area contributed by atoms with Crippen LogP contribution < -0.4 is 11.2 Å². The van der Waals surface area contributed by atoms with Crippen molar-refractivity contribution in [2.24, 2.45) is 0 Å². The number of benzene rings is 1. The van der Waals surface area contributed by atoms with Gasteiger partial charge in [0.15, 0.2) is 5.82 Å². The molecule has 134 valence electrons. The van der Waals surface area contributed by atoms with Gasteiger partial charge in [-0.2, -0.15) is 0 Å². The summed E-state index contributed by atoms with van der Waals surface area (Å²) in [4.78, 5) is 12.2. The lowest BCUT2D eigenvalue weighted by molar-refractivity contribution is -0.113. The minimum atomic E-state index is -0.234. The SMILES string of the molecule is Nn1c(SCC(=O)Nc2c(Cl)cccc2Cl)nnc1C1CCCCC1. The molecule has 0 atom stereocenters. The van der Waals surface area contributed by atoms with Crippen LogP contribution >= 0.6 is 35.0 Å². The van der Waals surface area contributed by atoms with E-state index >= 15 is 0 Å². The number of para-hydroxylation sites is 1. The maximum atomic E-state index is 12.2. The van der Waals surface area contributed by atoms with E-state index in [1.807, 2.05) is 0 Å². The minimum Gasteiger partial charge on any atom is -0.336 e. The Bertz CT molecular complexity index is 741. The second-order valence-corrected chi connectivity index (χ2v) is 7.74. The molecule has 25 heavy (non-hydrogen) atoms. The fraction of sp³-hybridized carbons (Fsp3) is 0.438. The largest absolute Gasteiger partial charge is 0.336 e. The van der Waals surface area contributed by atoms with Crippen LogP contribution in [0.15, 0.2) is 23.4 Å². The van der Waals surface area contributed by atoms with Gasteiger partial charge in [0.05, 0.1) is 21.5 Å². The van der Waals surface area contributed by atoms with Crippen LogP contribution in [0, 0.1) is 0 Å². The number of nitrogens with zero attached hydrogens (tertiary/aromatic N) is 3. The van der Waals surface area contributed by atoms with E-state index in [9.17, 15) is 4.79 Å². The summed E-state index contributed by atoms with van der Waals surface area (Å²) in [7, 11) is 0.